The second kappa shape index (κ2) is 10.9. The lowest BCUT2D eigenvalue weighted by atomic mass is 10.1. The molecule has 184 valence electrons. The fourth-order valence-electron chi connectivity index (χ4n) is 4.02. The number of halogens is 2. The van der Waals surface area contributed by atoms with Gasteiger partial charge >= 0.3 is 5.69 Å². The summed E-state index contributed by atoms with van der Waals surface area (Å²) < 4.78 is 3.20. The molecule has 0 saturated heterocycles. The molecule has 0 aliphatic heterocycles. The van der Waals surface area contributed by atoms with Crippen LogP contribution in [0.3, 0.4) is 0 Å². The lowest BCUT2D eigenvalue weighted by Crippen LogP contribution is -2.26. The quantitative estimate of drug-likeness (QED) is 0.255. The van der Waals surface area contributed by atoms with Gasteiger partial charge in [0.1, 0.15) is 5.52 Å². The molecule has 4 rings (SSSR count). The van der Waals surface area contributed by atoms with Gasteiger partial charge in [-0.05, 0) is 49.5 Å². The third kappa shape index (κ3) is 5.15. The minimum absolute atomic E-state index is 0.336. The summed E-state index contributed by atoms with van der Waals surface area (Å²) in [5.74, 6) is 1.08. The van der Waals surface area contributed by atoms with Gasteiger partial charge in [-0.15, -0.1) is 4.73 Å². The van der Waals surface area contributed by atoms with Gasteiger partial charge in [0.2, 0.25) is 0 Å². The first-order valence-corrected chi connectivity index (χ1v) is 13.4. The van der Waals surface area contributed by atoms with Gasteiger partial charge in [0.15, 0.2) is 11.8 Å². The number of aromatic nitrogens is 5. The zero-order valence-electron chi connectivity index (χ0n) is 19.8. The monoisotopic (exact) mass is 531 g/mol. The number of pyridine rings is 1. The highest BCUT2D eigenvalue weighted by Gasteiger charge is 2.21. The minimum Gasteiger partial charge on any atom is -0.401 e. The second-order valence-electron chi connectivity index (χ2n) is 8.18. The van der Waals surface area contributed by atoms with Gasteiger partial charge in [-0.3, -0.25) is 9.67 Å². The van der Waals surface area contributed by atoms with Crippen molar-refractivity contribution in [1.82, 2.24) is 24.5 Å². The van der Waals surface area contributed by atoms with Gasteiger partial charge in [-0.1, -0.05) is 48.8 Å². The normalized spacial score (nSPS) is 13.2. The van der Waals surface area contributed by atoms with Crippen LogP contribution in [-0.4, -0.2) is 36.5 Å². The lowest BCUT2D eigenvalue weighted by molar-refractivity contribution is 0.0494. The molecule has 10 heteroatoms. The highest BCUT2D eigenvalue weighted by atomic mass is 35.5. The van der Waals surface area contributed by atoms with Gasteiger partial charge in [0.25, 0.3) is 0 Å². The number of hydrogen-bond donors (Lipinski definition) is 1. The highest BCUT2D eigenvalue weighted by Crippen LogP contribution is 2.34. The van der Waals surface area contributed by atoms with Crippen LogP contribution in [0.4, 0.5) is 0 Å². The van der Waals surface area contributed by atoms with E-state index < -0.39 is 11.8 Å². The van der Waals surface area contributed by atoms with E-state index in [1.54, 1.807) is 31.3 Å². The first-order chi connectivity index (χ1) is 16.9. The molecule has 1 aromatic carbocycles. The van der Waals surface area contributed by atoms with Crippen molar-refractivity contribution in [3.8, 4) is 11.1 Å². The number of imidazole rings is 1. The molecule has 0 aliphatic carbocycles. The van der Waals surface area contributed by atoms with Crippen LogP contribution in [0.2, 0.25) is 10.0 Å². The summed E-state index contributed by atoms with van der Waals surface area (Å²) in [7, 11) is 0. The summed E-state index contributed by atoms with van der Waals surface area (Å²) in [6.45, 7) is 7.73. The summed E-state index contributed by atoms with van der Waals surface area (Å²) in [6, 6.07) is 5.72. The van der Waals surface area contributed by atoms with Crippen LogP contribution in [-0.2, 0) is 0 Å². The summed E-state index contributed by atoms with van der Waals surface area (Å²) in [5, 5.41) is 5.46. The maximum atomic E-state index is 12.7. The standard InChI is InChI=1S/C25H27Cl2N5O2S/c1-5-16-7-8-20(26)22(23(16)27)15(3)34-32-21-11-17(12-28-24(21)30-25(32)33)18-13-29-31(14-18)19(6-2)9-10-35-4/h5,7-8,11-15,19H,1,6,9-10H2,2-4H3,(H,28,30,33). The van der Waals surface area contributed by atoms with E-state index in [1.165, 1.54) is 4.73 Å². The molecular weight excluding hydrogens is 505 g/mol. The number of hydrogen-bond acceptors (Lipinski definition) is 5. The van der Waals surface area contributed by atoms with E-state index in [0.717, 1.165) is 35.3 Å². The van der Waals surface area contributed by atoms with Gasteiger partial charge in [-0.2, -0.15) is 16.9 Å². The fraction of sp³-hybridized carbons (Fsp3) is 0.320. The first kappa shape index (κ1) is 25.4. The van der Waals surface area contributed by atoms with Crippen LogP contribution in [0.15, 0.2) is 48.2 Å². The Kier molecular flexibility index (Phi) is 7.94. The molecule has 1 N–H and O–H groups in total. The van der Waals surface area contributed by atoms with Crippen molar-refractivity contribution in [2.45, 2.75) is 38.8 Å². The topological polar surface area (TPSA) is 77.7 Å². The number of benzene rings is 1. The van der Waals surface area contributed by atoms with Crippen LogP contribution in [0.5, 0.6) is 0 Å². The van der Waals surface area contributed by atoms with Crippen molar-refractivity contribution in [2.75, 3.05) is 12.0 Å². The van der Waals surface area contributed by atoms with E-state index in [0.29, 0.717) is 32.8 Å². The predicted octanol–water partition coefficient (Wildman–Crippen LogP) is 6.43. The smallest absolute Gasteiger partial charge is 0.360 e. The molecule has 2 atom stereocenters. The van der Waals surface area contributed by atoms with Crippen molar-refractivity contribution < 1.29 is 4.84 Å². The molecule has 0 saturated carbocycles. The van der Waals surface area contributed by atoms with E-state index in [1.807, 2.05) is 34.9 Å². The summed E-state index contributed by atoms with van der Waals surface area (Å²) in [4.78, 5) is 25.9. The molecule has 0 radical (unpaired) electrons. The largest absolute Gasteiger partial charge is 0.401 e. The number of aromatic amines is 1. The van der Waals surface area contributed by atoms with Gasteiger partial charge < -0.3 is 4.84 Å². The van der Waals surface area contributed by atoms with Crippen LogP contribution >= 0.6 is 35.0 Å². The Morgan fingerprint density at radius 3 is 2.80 bits per heavy atom. The highest BCUT2D eigenvalue weighted by molar-refractivity contribution is 7.98. The van der Waals surface area contributed by atoms with Crippen molar-refractivity contribution in [1.29, 1.82) is 0 Å². The van der Waals surface area contributed by atoms with E-state index in [4.69, 9.17) is 28.0 Å². The summed E-state index contributed by atoms with van der Waals surface area (Å²) in [6.07, 6.45) is 10.8. The van der Waals surface area contributed by atoms with Gasteiger partial charge in [-0.25, -0.2) is 9.78 Å². The third-order valence-electron chi connectivity index (χ3n) is 5.98. The fourth-order valence-corrected chi connectivity index (χ4v) is 5.28. The Bertz CT molecular complexity index is 1410. The predicted molar refractivity (Wildman–Crippen MR) is 145 cm³/mol. The molecule has 0 aliphatic rings. The molecule has 4 aromatic rings. The Morgan fingerprint density at radius 1 is 1.29 bits per heavy atom. The average Bonchev–Trinajstić information content (AvgIpc) is 3.44. The van der Waals surface area contributed by atoms with Gasteiger partial charge in [0.05, 0.1) is 17.3 Å². The van der Waals surface area contributed by atoms with Crippen LogP contribution in [0, 0.1) is 0 Å². The van der Waals surface area contributed by atoms with Crippen molar-refractivity contribution in [3.63, 3.8) is 0 Å². The lowest BCUT2D eigenvalue weighted by Gasteiger charge is -2.18. The Morgan fingerprint density at radius 2 is 2.09 bits per heavy atom. The average molecular weight is 532 g/mol. The van der Waals surface area contributed by atoms with Crippen molar-refractivity contribution in [3.05, 3.63) is 75.0 Å². The Hall–Kier alpha value is -2.68. The molecule has 0 fully saturated rings. The summed E-state index contributed by atoms with van der Waals surface area (Å²) >= 11 is 14.8. The van der Waals surface area contributed by atoms with Crippen molar-refractivity contribution >= 4 is 52.2 Å². The molecular formula is C25H27Cl2N5O2S. The Labute approximate surface area is 218 Å². The third-order valence-corrected chi connectivity index (χ3v) is 7.37. The molecule has 2 unspecified atom stereocenters. The van der Waals surface area contributed by atoms with E-state index in [-0.39, 0.29) is 0 Å². The first-order valence-electron chi connectivity index (χ1n) is 11.3. The zero-order valence-corrected chi connectivity index (χ0v) is 22.1. The number of H-pyrrole nitrogens is 1. The molecule has 3 aromatic heterocycles. The molecule has 0 amide bonds. The SMILES string of the molecule is C=Cc1ccc(Cl)c(C(C)On2c(=O)[nH]c3ncc(-c4cnn(C(CC)CCSC)c4)cc32)c1Cl. The van der Waals surface area contributed by atoms with Crippen LogP contribution in [0.1, 0.15) is 50.0 Å². The number of nitrogens with one attached hydrogen (secondary N) is 1. The minimum atomic E-state index is -0.611. The molecule has 3 heterocycles. The summed E-state index contributed by atoms with van der Waals surface area (Å²) in [5.41, 5.74) is 3.54. The number of nitrogens with zero attached hydrogens (tertiary/aromatic N) is 4. The molecule has 0 spiro atoms. The molecule has 0 bridgehead atoms. The maximum absolute atomic E-state index is 12.7. The zero-order chi connectivity index (χ0) is 25.1. The Balaban J connectivity index is 1.68. The molecule has 35 heavy (non-hydrogen) atoms. The van der Waals surface area contributed by atoms with Gasteiger partial charge in [0, 0.05) is 34.1 Å². The second-order valence-corrected chi connectivity index (χ2v) is 9.96. The van der Waals surface area contributed by atoms with E-state index >= 15 is 0 Å². The van der Waals surface area contributed by atoms with Crippen LogP contribution in [0.25, 0.3) is 28.4 Å². The van der Waals surface area contributed by atoms with E-state index in [2.05, 4.69) is 34.8 Å². The maximum Gasteiger partial charge on any atom is 0.360 e. The van der Waals surface area contributed by atoms with Crippen molar-refractivity contribution in [2.24, 2.45) is 0 Å². The van der Waals surface area contributed by atoms with Crippen LogP contribution < -0.4 is 10.5 Å². The molecule has 7 nitrogen and oxygen atoms in total. The number of thioether (sulfide) groups is 1. The number of fused-ring (bicyclic) bond motifs is 1. The van der Waals surface area contributed by atoms with E-state index in [9.17, 15) is 4.79 Å². The number of rotatable bonds is 10.